The summed E-state index contributed by atoms with van der Waals surface area (Å²) in [6, 6.07) is 14.0. The van der Waals surface area contributed by atoms with Gasteiger partial charge in [-0.05, 0) is 18.2 Å². The van der Waals surface area contributed by atoms with E-state index >= 15 is 0 Å². The molecule has 2 aromatic heterocycles. The molecule has 0 saturated heterocycles. The molecule has 3 rings (SSSR count). The molecule has 0 aliphatic carbocycles. The molecule has 0 radical (unpaired) electrons. The van der Waals surface area contributed by atoms with E-state index in [2.05, 4.69) is 20.9 Å². The van der Waals surface area contributed by atoms with Crippen molar-refractivity contribution in [2.45, 2.75) is 11.9 Å². The predicted octanol–water partition coefficient (Wildman–Crippen LogP) is 3.81. The standard InChI is InChI=1S/C15H13BrN2O/c16-9-12-5-1-2-6-14(12)19-11-13-10-18-8-4-3-7-15(18)17-13/h1-8,10H,9,11H2. The van der Waals surface area contributed by atoms with Gasteiger partial charge in [0.25, 0.3) is 0 Å². The second kappa shape index (κ2) is 5.45. The molecule has 1 aromatic carbocycles. The lowest BCUT2D eigenvalue weighted by Gasteiger charge is -2.07. The minimum atomic E-state index is 0.478. The molecule has 0 amide bonds. The Bertz CT molecular complexity index is 660. The van der Waals surface area contributed by atoms with Crippen LogP contribution in [0.5, 0.6) is 5.75 Å². The molecule has 3 aromatic rings. The van der Waals surface area contributed by atoms with Gasteiger partial charge in [-0.25, -0.2) is 4.98 Å². The highest BCUT2D eigenvalue weighted by Crippen LogP contribution is 2.21. The minimum absolute atomic E-state index is 0.478. The molecule has 4 heteroatoms. The van der Waals surface area contributed by atoms with Gasteiger partial charge in [0.1, 0.15) is 18.0 Å². The summed E-state index contributed by atoms with van der Waals surface area (Å²) in [5.41, 5.74) is 3.01. The third kappa shape index (κ3) is 2.63. The summed E-state index contributed by atoms with van der Waals surface area (Å²) in [7, 11) is 0. The normalized spacial score (nSPS) is 10.8. The number of para-hydroxylation sites is 1. The van der Waals surface area contributed by atoms with Gasteiger partial charge in [-0.2, -0.15) is 0 Å². The number of hydrogen-bond acceptors (Lipinski definition) is 2. The fraction of sp³-hybridized carbons (Fsp3) is 0.133. The molecule has 0 bridgehead atoms. The number of hydrogen-bond donors (Lipinski definition) is 0. The van der Waals surface area contributed by atoms with Crippen LogP contribution in [-0.2, 0) is 11.9 Å². The van der Waals surface area contributed by atoms with Crippen LogP contribution < -0.4 is 4.74 Å². The summed E-state index contributed by atoms with van der Waals surface area (Å²) in [6.45, 7) is 0.478. The van der Waals surface area contributed by atoms with E-state index in [-0.39, 0.29) is 0 Å². The number of halogens is 1. The molecule has 0 N–H and O–H groups in total. The van der Waals surface area contributed by atoms with E-state index in [1.54, 1.807) is 0 Å². The topological polar surface area (TPSA) is 26.5 Å². The number of rotatable bonds is 4. The lowest BCUT2D eigenvalue weighted by molar-refractivity contribution is 0.300. The average molecular weight is 317 g/mol. The van der Waals surface area contributed by atoms with Crippen molar-refractivity contribution in [2.75, 3.05) is 0 Å². The molecule has 0 aliphatic rings. The summed E-state index contributed by atoms with van der Waals surface area (Å²) in [5.74, 6) is 0.899. The number of nitrogens with zero attached hydrogens (tertiary/aromatic N) is 2. The van der Waals surface area contributed by atoms with Crippen molar-refractivity contribution in [2.24, 2.45) is 0 Å². The van der Waals surface area contributed by atoms with Crippen LogP contribution in [0.15, 0.2) is 54.9 Å². The third-order valence-electron chi connectivity index (χ3n) is 2.91. The first-order valence-electron chi connectivity index (χ1n) is 6.06. The Morgan fingerprint density at radius 3 is 2.79 bits per heavy atom. The quantitative estimate of drug-likeness (QED) is 0.684. The first-order chi connectivity index (χ1) is 9.36. The summed E-state index contributed by atoms with van der Waals surface area (Å²) in [5, 5.41) is 0.786. The maximum absolute atomic E-state index is 5.84. The molecule has 0 saturated carbocycles. The molecule has 19 heavy (non-hydrogen) atoms. The number of imidazole rings is 1. The van der Waals surface area contributed by atoms with Crippen molar-refractivity contribution in [1.82, 2.24) is 9.38 Å². The second-order valence-corrected chi connectivity index (χ2v) is 4.79. The van der Waals surface area contributed by atoms with Crippen molar-refractivity contribution in [3.8, 4) is 5.75 Å². The molecular weight excluding hydrogens is 304 g/mol. The maximum Gasteiger partial charge on any atom is 0.137 e. The fourth-order valence-electron chi connectivity index (χ4n) is 1.96. The molecule has 3 nitrogen and oxygen atoms in total. The van der Waals surface area contributed by atoms with Crippen LogP contribution in [0.25, 0.3) is 5.65 Å². The molecule has 0 atom stereocenters. The summed E-state index contributed by atoms with van der Waals surface area (Å²) >= 11 is 3.46. The Kier molecular flexibility index (Phi) is 3.51. The Morgan fingerprint density at radius 2 is 1.95 bits per heavy atom. The van der Waals surface area contributed by atoms with Gasteiger partial charge in [0.2, 0.25) is 0 Å². The van der Waals surface area contributed by atoms with Gasteiger partial charge in [0.05, 0.1) is 5.69 Å². The Balaban J connectivity index is 1.78. The van der Waals surface area contributed by atoms with Crippen LogP contribution in [0.2, 0.25) is 0 Å². The zero-order chi connectivity index (χ0) is 13.1. The van der Waals surface area contributed by atoms with Crippen LogP contribution in [0.1, 0.15) is 11.3 Å². The Hall–Kier alpha value is -1.81. The highest BCUT2D eigenvalue weighted by atomic mass is 79.9. The largest absolute Gasteiger partial charge is 0.487 e. The predicted molar refractivity (Wildman–Crippen MR) is 78.6 cm³/mol. The number of alkyl halides is 1. The first kappa shape index (κ1) is 12.2. The molecule has 0 spiro atoms. The van der Waals surface area contributed by atoms with Crippen molar-refractivity contribution in [1.29, 1.82) is 0 Å². The van der Waals surface area contributed by atoms with Crippen LogP contribution >= 0.6 is 15.9 Å². The van der Waals surface area contributed by atoms with Gasteiger partial charge in [-0.3, -0.25) is 0 Å². The van der Waals surface area contributed by atoms with E-state index in [1.807, 2.05) is 59.3 Å². The number of pyridine rings is 1. The van der Waals surface area contributed by atoms with E-state index in [4.69, 9.17) is 4.74 Å². The van der Waals surface area contributed by atoms with E-state index < -0.39 is 0 Å². The molecular formula is C15H13BrN2O. The SMILES string of the molecule is BrCc1ccccc1OCc1cn2ccccc2n1. The van der Waals surface area contributed by atoms with Gasteiger partial charge < -0.3 is 9.14 Å². The zero-order valence-electron chi connectivity index (χ0n) is 10.3. The van der Waals surface area contributed by atoms with Crippen LogP contribution in [0.4, 0.5) is 0 Å². The Labute approximate surface area is 120 Å². The van der Waals surface area contributed by atoms with E-state index in [0.29, 0.717) is 6.61 Å². The highest BCUT2D eigenvalue weighted by molar-refractivity contribution is 9.08. The van der Waals surface area contributed by atoms with E-state index in [0.717, 1.165) is 28.0 Å². The van der Waals surface area contributed by atoms with Gasteiger partial charge in [0, 0.05) is 23.3 Å². The number of ether oxygens (including phenoxy) is 1. The molecule has 0 unspecified atom stereocenters. The maximum atomic E-state index is 5.84. The van der Waals surface area contributed by atoms with Crippen molar-refractivity contribution in [3.63, 3.8) is 0 Å². The fourth-order valence-corrected chi connectivity index (χ4v) is 2.43. The molecule has 0 aliphatic heterocycles. The summed E-state index contributed by atoms with van der Waals surface area (Å²) < 4.78 is 7.83. The van der Waals surface area contributed by atoms with Gasteiger partial charge in [-0.15, -0.1) is 0 Å². The molecule has 96 valence electrons. The highest BCUT2D eigenvalue weighted by Gasteiger charge is 2.04. The number of benzene rings is 1. The smallest absolute Gasteiger partial charge is 0.137 e. The Morgan fingerprint density at radius 1 is 1.11 bits per heavy atom. The van der Waals surface area contributed by atoms with Crippen LogP contribution in [0.3, 0.4) is 0 Å². The number of aromatic nitrogens is 2. The molecule has 2 heterocycles. The monoisotopic (exact) mass is 316 g/mol. The molecule has 0 fully saturated rings. The zero-order valence-corrected chi connectivity index (χ0v) is 11.9. The van der Waals surface area contributed by atoms with E-state index in [9.17, 15) is 0 Å². The lowest BCUT2D eigenvalue weighted by Crippen LogP contribution is -1.97. The third-order valence-corrected chi connectivity index (χ3v) is 3.51. The van der Waals surface area contributed by atoms with Gasteiger partial charge in [0.15, 0.2) is 0 Å². The van der Waals surface area contributed by atoms with E-state index in [1.165, 1.54) is 0 Å². The average Bonchev–Trinajstić information content (AvgIpc) is 2.88. The van der Waals surface area contributed by atoms with Gasteiger partial charge >= 0.3 is 0 Å². The van der Waals surface area contributed by atoms with Gasteiger partial charge in [-0.1, -0.05) is 40.2 Å². The minimum Gasteiger partial charge on any atom is -0.487 e. The summed E-state index contributed by atoms with van der Waals surface area (Å²) in [4.78, 5) is 4.51. The number of fused-ring (bicyclic) bond motifs is 1. The second-order valence-electron chi connectivity index (χ2n) is 4.23. The van der Waals surface area contributed by atoms with Crippen molar-refractivity contribution < 1.29 is 4.74 Å². The van der Waals surface area contributed by atoms with Crippen molar-refractivity contribution >= 4 is 21.6 Å². The lowest BCUT2D eigenvalue weighted by atomic mass is 10.2. The summed E-state index contributed by atoms with van der Waals surface area (Å²) in [6.07, 6.45) is 3.98. The first-order valence-corrected chi connectivity index (χ1v) is 7.18. The van der Waals surface area contributed by atoms with Crippen LogP contribution in [-0.4, -0.2) is 9.38 Å². The van der Waals surface area contributed by atoms with Crippen LogP contribution in [0, 0.1) is 0 Å². The van der Waals surface area contributed by atoms with Crippen molar-refractivity contribution in [3.05, 3.63) is 66.1 Å².